The highest BCUT2D eigenvalue weighted by molar-refractivity contribution is 5.94. The molecule has 0 fully saturated rings. The lowest BCUT2D eigenvalue weighted by Crippen LogP contribution is -2.27. The fourth-order valence-corrected chi connectivity index (χ4v) is 6.72. The van der Waals surface area contributed by atoms with E-state index in [4.69, 9.17) is 0 Å². The summed E-state index contributed by atoms with van der Waals surface area (Å²) in [6.45, 7) is 24.6. The molecule has 0 atom stereocenters. The highest BCUT2D eigenvalue weighted by Gasteiger charge is 2.16. The first kappa shape index (κ1) is 47.2. The van der Waals surface area contributed by atoms with Gasteiger partial charge < -0.3 is 41.9 Å². The molecule has 17 heteroatoms. The second-order valence-electron chi connectivity index (χ2n) is 19.5. The van der Waals surface area contributed by atoms with Crippen LogP contribution in [0, 0.1) is 26.6 Å². The van der Waals surface area contributed by atoms with Gasteiger partial charge in [0.15, 0.2) is 0 Å². The highest BCUT2D eigenvalue weighted by Crippen LogP contribution is 2.30. The topological polar surface area (TPSA) is 210 Å². The first-order chi connectivity index (χ1) is 31.7. The lowest BCUT2D eigenvalue weighted by atomic mass is 10.1. The van der Waals surface area contributed by atoms with Crippen LogP contribution >= 0.6 is 0 Å². The number of hydrogen-bond donors (Lipinski definition) is 9. The van der Waals surface area contributed by atoms with Crippen LogP contribution in [0.5, 0.6) is 0 Å². The number of nitrogens with one attached hydrogen (secondary N) is 9. The Labute approximate surface area is 390 Å². The summed E-state index contributed by atoms with van der Waals surface area (Å²) in [5.41, 5.74) is 7.99. The Kier molecular flexibility index (Phi) is 13.6. The maximum atomic E-state index is 13.8. The predicted octanol–water partition coefficient (Wildman–Crippen LogP) is 12.2. The molecule has 67 heavy (non-hydrogen) atoms. The minimum Gasteiger partial charge on any atom is -0.361 e. The molecule has 0 amide bonds. The molecule has 0 unspecified atom stereocenters. The summed E-state index contributed by atoms with van der Waals surface area (Å²) >= 11 is 0. The average molecular weight is 905 g/mol. The zero-order valence-corrected chi connectivity index (χ0v) is 40.2. The van der Waals surface area contributed by atoms with Crippen molar-refractivity contribution in [1.82, 2.24) is 50.1 Å². The van der Waals surface area contributed by atoms with Gasteiger partial charge in [0.05, 0.1) is 22.9 Å². The van der Waals surface area contributed by atoms with Gasteiger partial charge in [0.1, 0.15) is 23.3 Å². The number of hydrogen-bond acceptors (Lipinski definition) is 13. The van der Waals surface area contributed by atoms with Crippen LogP contribution in [-0.4, -0.2) is 66.7 Å². The van der Waals surface area contributed by atoms with Crippen LogP contribution in [0.2, 0.25) is 0 Å². The van der Waals surface area contributed by atoms with Crippen molar-refractivity contribution in [2.45, 2.75) is 99.7 Å². The maximum absolute atomic E-state index is 13.8. The SMILES string of the molecule is Cc1cnc(NC(C)(C)C)nc1Nc1ccc(F)c2[nH]ccc12.Cc1cnc(NC(C)(C)C)nc1Nc1ccc2[nH]ccc2c1.Cc1cnc(NC(C)(C)C)nc1Nc1cccc2[nH]ncc12. The number of anilines is 9. The Morgan fingerprint density at radius 3 is 1.58 bits per heavy atom. The third-order valence-electron chi connectivity index (χ3n) is 9.85. The summed E-state index contributed by atoms with van der Waals surface area (Å²) in [6.07, 6.45) is 10.9. The average Bonchev–Trinajstić information content (AvgIpc) is 4.04. The van der Waals surface area contributed by atoms with Gasteiger partial charge >= 0.3 is 0 Å². The fraction of sp³-hybridized carbons (Fsp3) is 0.300. The lowest BCUT2D eigenvalue weighted by molar-refractivity contribution is 0.625. The first-order valence-electron chi connectivity index (χ1n) is 22.1. The number of H-pyrrole nitrogens is 3. The third-order valence-corrected chi connectivity index (χ3v) is 9.85. The molecule has 348 valence electrons. The van der Waals surface area contributed by atoms with E-state index >= 15 is 0 Å². The van der Waals surface area contributed by atoms with Crippen LogP contribution in [0.15, 0.2) is 97.8 Å². The van der Waals surface area contributed by atoms with E-state index in [1.165, 1.54) is 11.5 Å². The second-order valence-corrected chi connectivity index (χ2v) is 19.5. The van der Waals surface area contributed by atoms with Gasteiger partial charge in [0.25, 0.3) is 0 Å². The summed E-state index contributed by atoms with van der Waals surface area (Å²) < 4.78 is 13.8. The van der Waals surface area contributed by atoms with E-state index in [2.05, 4.69) is 142 Å². The minimum absolute atomic E-state index is 0.0729. The molecular weight excluding hydrogens is 844 g/mol. The normalized spacial score (nSPS) is 11.7. The first-order valence-corrected chi connectivity index (χ1v) is 22.1. The molecule has 6 heterocycles. The van der Waals surface area contributed by atoms with Gasteiger partial charge in [0.2, 0.25) is 17.8 Å². The van der Waals surface area contributed by atoms with E-state index < -0.39 is 0 Å². The van der Waals surface area contributed by atoms with E-state index in [9.17, 15) is 4.39 Å². The summed E-state index contributed by atoms with van der Waals surface area (Å²) in [6, 6.07) is 19.2. The number of fused-ring (bicyclic) bond motifs is 3. The molecule has 16 nitrogen and oxygen atoms in total. The number of benzene rings is 3. The summed E-state index contributed by atoms with van der Waals surface area (Å²) in [7, 11) is 0. The molecule has 0 aliphatic carbocycles. The smallest absolute Gasteiger partial charge is 0.225 e. The van der Waals surface area contributed by atoms with Crippen molar-refractivity contribution >= 4 is 85.1 Å². The number of aromatic amines is 3. The summed E-state index contributed by atoms with van der Waals surface area (Å²) in [4.78, 5) is 32.8. The molecule has 0 aliphatic heterocycles. The number of aryl methyl sites for hydroxylation is 3. The van der Waals surface area contributed by atoms with E-state index in [1.54, 1.807) is 18.5 Å². The van der Waals surface area contributed by atoms with Crippen molar-refractivity contribution in [3.8, 4) is 0 Å². The Morgan fingerprint density at radius 1 is 0.507 bits per heavy atom. The molecule has 9 rings (SSSR count). The number of rotatable bonds is 9. The van der Waals surface area contributed by atoms with Gasteiger partial charge in [-0.2, -0.15) is 20.1 Å². The molecule has 0 saturated heterocycles. The zero-order chi connectivity index (χ0) is 48.1. The van der Waals surface area contributed by atoms with Gasteiger partial charge in [-0.3, -0.25) is 5.10 Å². The van der Waals surface area contributed by atoms with Crippen molar-refractivity contribution in [2.75, 3.05) is 31.9 Å². The predicted molar refractivity (Wildman–Crippen MR) is 273 cm³/mol. The second kappa shape index (κ2) is 19.3. The molecule has 6 aromatic heterocycles. The Hall–Kier alpha value is -7.82. The van der Waals surface area contributed by atoms with Gasteiger partial charge in [-0.25, -0.2) is 19.3 Å². The molecule has 3 aromatic carbocycles. The van der Waals surface area contributed by atoms with Crippen molar-refractivity contribution in [2.24, 2.45) is 0 Å². The number of nitrogens with zero attached hydrogens (tertiary/aromatic N) is 7. The molecule has 9 N–H and O–H groups in total. The van der Waals surface area contributed by atoms with Gasteiger partial charge in [-0.15, -0.1) is 0 Å². The van der Waals surface area contributed by atoms with Gasteiger partial charge in [-0.1, -0.05) is 6.07 Å². The fourth-order valence-electron chi connectivity index (χ4n) is 6.72. The monoisotopic (exact) mass is 905 g/mol. The molecule has 0 spiro atoms. The summed E-state index contributed by atoms with van der Waals surface area (Å²) in [5.74, 6) is 3.82. The van der Waals surface area contributed by atoms with Crippen LogP contribution in [0.3, 0.4) is 0 Å². The van der Waals surface area contributed by atoms with Crippen LogP contribution in [0.25, 0.3) is 32.7 Å². The van der Waals surface area contributed by atoms with E-state index in [1.807, 2.05) is 96.7 Å². The molecule has 0 radical (unpaired) electrons. The highest BCUT2D eigenvalue weighted by atomic mass is 19.1. The molecule has 0 bridgehead atoms. The Bertz CT molecular complexity index is 3110. The van der Waals surface area contributed by atoms with Crippen LogP contribution < -0.4 is 31.9 Å². The number of halogens is 1. The standard InChI is InChI=1S/C17H20FN5.C17H21N5.C16H20N6/c1-10-9-20-16(23-17(2,3)4)22-15(10)21-13-6-5-12(18)14-11(13)7-8-19-14;1-11-10-19-16(22-17(2,3)4)21-15(11)20-13-5-6-14-12(9-13)7-8-18-14;1-10-8-17-15(21-16(2,3)4)20-14(10)19-12-6-5-7-13-11(12)9-18-22-13/h5-9,19H,1-4H3,(H2,20,21,22,23);5-10,18H,1-4H3,(H2,19,20,21,22);5-9H,1-4H3,(H,18,22)(H2,17,19,20,21). The largest absolute Gasteiger partial charge is 0.361 e. The van der Waals surface area contributed by atoms with Gasteiger partial charge in [-0.05, 0) is 138 Å². The van der Waals surface area contributed by atoms with Crippen molar-refractivity contribution in [3.05, 3.63) is 120 Å². The molecule has 0 saturated carbocycles. The minimum atomic E-state index is -0.273. The Morgan fingerprint density at radius 2 is 1.03 bits per heavy atom. The summed E-state index contributed by atoms with van der Waals surface area (Å²) in [5, 5.41) is 29.9. The quantitative estimate of drug-likeness (QED) is 0.0661. The van der Waals surface area contributed by atoms with E-state index in [0.29, 0.717) is 29.2 Å². The zero-order valence-electron chi connectivity index (χ0n) is 40.2. The lowest BCUT2D eigenvalue weighted by Gasteiger charge is -2.21. The Balaban J connectivity index is 0.000000149. The molecule has 9 aromatic rings. The van der Waals surface area contributed by atoms with Crippen LogP contribution in [0.1, 0.15) is 79.0 Å². The van der Waals surface area contributed by atoms with E-state index in [-0.39, 0.29) is 22.4 Å². The maximum Gasteiger partial charge on any atom is 0.225 e. The van der Waals surface area contributed by atoms with Gasteiger partial charge in [0, 0.05) is 97.3 Å². The third kappa shape index (κ3) is 12.7. The molecular formula is C50H61FN16. The van der Waals surface area contributed by atoms with Crippen molar-refractivity contribution in [1.29, 1.82) is 0 Å². The van der Waals surface area contributed by atoms with Crippen molar-refractivity contribution in [3.63, 3.8) is 0 Å². The van der Waals surface area contributed by atoms with Crippen molar-refractivity contribution < 1.29 is 4.39 Å². The van der Waals surface area contributed by atoms with Crippen LogP contribution in [0.4, 0.5) is 56.8 Å². The van der Waals surface area contributed by atoms with E-state index in [0.717, 1.165) is 67.2 Å². The molecule has 0 aliphatic rings. The number of aromatic nitrogens is 10. The van der Waals surface area contributed by atoms with Crippen LogP contribution in [-0.2, 0) is 0 Å².